The third-order valence-corrected chi connectivity index (χ3v) is 6.11. The SMILES string of the molecule is COCCN1C(=O)C(=Cc2ccc(-c3ccc(Cl)c(C(=O)O)c3)o2)SC1=Nc1ccccc1. The number of halogens is 1. The Kier molecular flexibility index (Phi) is 6.98. The quantitative estimate of drug-likeness (QED) is 0.444. The summed E-state index contributed by atoms with van der Waals surface area (Å²) in [7, 11) is 1.58. The highest BCUT2D eigenvalue weighted by atomic mass is 35.5. The van der Waals surface area contributed by atoms with Crippen molar-refractivity contribution in [1.82, 2.24) is 4.90 Å². The van der Waals surface area contributed by atoms with Crippen LogP contribution in [0.3, 0.4) is 0 Å². The van der Waals surface area contributed by atoms with Crippen molar-refractivity contribution < 1.29 is 23.8 Å². The monoisotopic (exact) mass is 482 g/mol. The number of amides is 1. The topological polar surface area (TPSA) is 92.3 Å². The molecule has 1 aromatic heterocycles. The third kappa shape index (κ3) is 5.19. The number of aliphatic imine (C=N–C) groups is 1. The molecule has 0 radical (unpaired) electrons. The first-order valence-corrected chi connectivity index (χ1v) is 11.1. The summed E-state index contributed by atoms with van der Waals surface area (Å²) in [5.41, 5.74) is 1.30. The Bertz CT molecular complexity index is 1250. The van der Waals surface area contributed by atoms with Gasteiger partial charge in [0.15, 0.2) is 5.17 Å². The number of amidine groups is 1. The van der Waals surface area contributed by atoms with Crippen molar-refractivity contribution >= 4 is 52.2 Å². The second-order valence-corrected chi connectivity index (χ2v) is 8.41. The van der Waals surface area contributed by atoms with Gasteiger partial charge in [0, 0.05) is 18.7 Å². The molecule has 2 heterocycles. The highest BCUT2D eigenvalue weighted by molar-refractivity contribution is 8.18. The molecule has 9 heteroatoms. The number of carbonyl (C=O) groups is 2. The van der Waals surface area contributed by atoms with Crippen molar-refractivity contribution in [2.75, 3.05) is 20.3 Å². The highest BCUT2D eigenvalue weighted by Gasteiger charge is 2.33. The second kappa shape index (κ2) is 10.1. The van der Waals surface area contributed by atoms with E-state index in [9.17, 15) is 14.7 Å². The minimum Gasteiger partial charge on any atom is -0.478 e. The van der Waals surface area contributed by atoms with Crippen LogP contribution in [0.1, 0.15) is 16.1 Å². The van der Waals surface area contributed by atoms with Gasteiger partial charge >= 0.3 is 5.97 Å². The maximum Gasteiger partial charge on any atom is 0.337 e. The fraction of sp³-hybridized carbons (Fsp3) is 0.125. The van der Waals surface area contributed by atoms with Crippen molar-refractivity contribution in [3.63, 3.8) is 0 Å². The van der Waals surface area contributed by atoms with Gasteiger partial charge in [-0.1, -0.05) is 29.8 Å². The molecular formula is C24H19ClN2O5S. The van der Waals surface area contributed by atoms with Crippen LogP contribution in [0.2, 0.25) is 5.02 Å². The molecule has 4 rings (SSSR count). The van der Waals surface area contributed by atoms with E-state index in [0.717, 1.165) is 5.69 Å². The molecule has 2 aromatic carbocycles. The molecule has 0 bridgehead atoms. The first-order valence-electron chi connectivity index (χ1n) is 9.93. The van der Waals surface area contributed by atoms with Gasteiger partial charge in [0.05, 0.1) is 34.3 Å². The third-order valence-electron chi connectivity index (χ3n) is 4.77. The van der Waals surface area contributed by atoms with Crippen LogP contribution in [0.25, 0.3) is 17.4 Å². The maximum atomic E-state index is 13.0. The Balaban J connectivity index is 1.62. The summed E-state index contributed by atoms with van der Waals surface area (Å²) >= 11 is 7.21. The molecule has 0 aliphatic carbocycles. The summed E-state index contributed by atoms with van der Waals surface area (Å²) in [6, 6.07) is 17.5. The number of rotatable bonds is 7. The molecule has 1 saturated heterocycles. The Morgan fingerprint density at radius 1 is 1.21 bits per heavy atom. The molecule has 1 aliphatic heterocycles. The lowest BCUT2D eigenvalue weighted by molar-refractivity contribution is -0.122. The summed E-state index contributed by atoms with van der Waals surface area (Å²) < 4.78 is 11.0. The van der Waals surface area contributed by atoms with Crippen molar-refractivity contribution in [1.29, 1.82) is 0 Å². The normalized spacial score (nSPS) is 16.2. The molecule has 33 heavy (non-hydrogen) atoms. The summed E-state index contributed by atoms with van der Waals surface area (Å²) in [6.45, 7) is 0.748. The number of carbonyl (C=O) groups excluding carboxylic acids is 1. The number of methoxy groups -OCH3 is 1. The highest BCUT2D eigenvalue weighted by Crippen LogP contribution is 2.35. The zero-order chi connectivity index (χ0) is 23.4. The lowest BCUT2D eigenvalue weighted by atomic mass is 10.1. The predicted molar refractivity (Wildman–Crippen MR) is 129 cm³/mol. The minimum atomic E-state index is -1.12. The van der Waals surface area contributed by atoms with Crippen molar-refractivity contribution in [2.24, 2.45) is 4.99 Å². The summed E-state index contributed by atoms with van der Waals surface area (Å²) in [4.78, 5) is 31.0. The van der Waals surface area contributed by atoms with Gasteiger partial charge in [-0.15, -0.1) is 0 Å². The fourth-order valence-corrected chi connectivity index (χ4v) is 4.34. The first kappa shape index (κ1) is 22.8. The van der Waals surface area contributed by atoms with Crippen LogP contribution in [0.5, 0.6) is 0 Å². The standard InChI is InChI=1S/C24H19ClN2O5S/c1-31-12-11-27-22(28)21(33-24(27)26-16-5-3-2-4-6-16)14-17-8-10-20(32-17)15-7-9-19(25)18(13-15)23(29)30/h2-10,13-14H,11-12H2,1H3,(H,29,30). The van der Waals surface area contributed by atoms with E-state index in [1.54, 1.807) is 36.3 Å². The number of hydrogen-bond donors (Lipinski definition) is 1. The van der Waals surface area contributed by atoms with Crippen LogP contribution < -0.4 is 0 Å². The van der Waals surface area contributed by atoms with Crippen LogP contribution in [-0.4, -0.2) is 47.3 Å². The number of benzene rings is 2. The number of furan rings is 1. The molecule has 168 valence electrons. The van der Waals surface area contributed by atoms with E-state index in [4.69, 9.17) is 20.8 Å². The Morgan fingerprint density at radius 3 is 2.73 bits per heavy atom. The molecule has 1 amide bonds. The zero-order valence-electron chi connectivity index (χ0n) is 17.5. The number of aromatic carboxylic acids is 1. The number of para-hydroxylation sites is 1. The van der Waals surface area contributed by atoms with Crippen LogP contribution >= 0.6 is 23.4 Å². The van der Waals surface area contributed by atoms with Crippen LogP contribution in [0.4, 0.5) is 5.69 Å². The summed E-state index contributed by atoms with van der Waals surface area (Å²) in [5, 5.41) is 10.00. The molecule has 1 aliphatic rings. The zero-order valence-corrected chi connectivity index (χ0v) is 19.1. The van der Waals surface area contributed by atoms with Gasteiger partial charge in [0.2, 0.25) is 0 Å². The van der Waals surface area contributed by atoms with E-state index in [0.29, 0.717) is 40.3 Å². The average Bonchev–Trinajstić information content (AvgIpc) is 3.38. The molecule has 1 N–H and O–H groups in total. The van der Waals surface area contributed by atoms with Crippen molar-refractivity contribution in [3.05, 3.63) is 81.9 Å². The lowest BCUT2D eigenvalue weighted by Crippen LogP contribution is -2.32. The van der Waals surface area contributed by atoms with Gasteiger partial charge < -0.3 is 14.3 Å². The molecule has 7 nitrogen and oxygen atoms in total. The number of thioether (sulfide) groups is 1. The van der Waals surface area contributed by atoms with E-state index in [1.807, 2.05) is 30.3 Å². The summed E-state index contributed by atoms with van der Waals surface area (Å²) in [6.07, 6.45) is 1.65. The number of ether oxygens (including phenoxy) is 1. The van der Waals surface area contributed by atoms with Crippen molar-refractivity contribution in [2.45, 2.75) is 0 Å². The first-order chi connectivity index (χ1) is 16.0. The number of hydrogen-bond acceptors (Lipinski definition) is 6. The Labute approximate surface area is 199 Å². The lowest BCUT2D eigenvalue weighted by Gasteiger charge is -2.14. The number of nitrogens with zero attached hydrogens (tertiary/aromatic N) is 2. The van der Waals surface area contributed by atoms with Crippen LogP contribution in [0.15, 0.2) is 75.0 Å². The van der Waals surface area contributed by atoms with E-state index < -0.39 is 5.97 Å². The van der Waals surface area contributed by atoms with E-state index in [1.165, 1.54) is 23.9 Å². The number of carboxylic acid groups (broad SMARTS) is 1. The van der Waals surface area contributed by atoms with E-state index in [2.05, 4.69) is 4.99 Å². The molecule has 0 saturated carbocycles. The van der Waals surface area contributed by atoms with E-state index >= 15 is 0 Å². The van der Waals surface area contributed by atoms with Gasteiger partial charge in [0.1, 0.15) is 11.5 Å². The molecule has 3 aromatic rings. The van der Waals surface area contributed by atoms with Gasteiger partial charge in [0.25, 0.3) is 5.91 Å². The predicted octanol–water partition coefficient (Wildman–Crippen LogP) is 5.55. The molecule has 0 spiro atoms. The average molecular weight is 483 g/mol. The molecular weight excluding hydrogens is 464 g/mol. The Hall–Kier alpha value is -3.33. The molecule has 0 atom stereocenters. The van der Waals surface area contributed by atoms with Crippen molar-refractivity contribution in [3.8, 4) is 11.3 Å². The molecule has 0 unspecified atom stereocenters. The number of carboxylic acids is 1. The second-order valence-electron chi connectivity index (χ2n) is 6.99. The van der Waals surface area contributed by atoms with Gasteiger partial charge in [-0.25, -0.2) is 9.79 Å². The van der Waals surface area contributed by atoms with Gasteiger partial charge in [-0.2, -0.15) is 0 Å². The summed E-state index contributed by atoms with van der Waals surface area (Å²) in [5.74, 6) is -0.388. The Morgan fingerprint density at radius 2 is 2.00 bits per heavy atom. The fourth-order valence-electron chi connectivity index (χ4n) is 3.14. The maximum absolute atomic E-state index is 13.0. The van der Waals surface area contributed by atoms with Crippen LogP contribution in [0, 0.1) is 0 Å². The smallest absolute Gasteiger partial charge is 0.337 e. The van der Waals surface area contributed by atoms with Gasteiger partial charge in [-0.3, -0.25) is 9.69 Å². The van der Waals surface area contributed by atoms with Crippen LogP contribution in [-0.2, 0) is 9.53 Å². The van der Waals surface area contributed by atoms with E-state index in [-0.39, 0.29) is 16.5 Å². The minimum absolute atomic E-state index is 0.0115. The van der Waals surface area contributed by atoms with Gasteiger partial charge in [-0.05, 0) is 54.2 Å². The molecule has 1 fully saturated rings. The largest absolute Gasteiger partial charge is 0.478 e.